The monoisotopic (exact) mass is 218 g/mol. The van der Waals surface area contributed by atoms with Crippen molar-refractivity contribution in [1.82, 2.24) is 0 Å². The molecule has 4 nitrogen and oxygen atoms in total. The topological polar surface area (TPSA) is 81.5 Å². The number of aromatic hydroxyl groups is 1. The Morgan fingerprint density at radius 1 is 1.47 bits per heavy atom. The van der Waals surface area contributed by atoms with Crippen molar-refractivity contribution in [1.29, 1.82) is 0 Å². The van der Waals surface area contributed by atoms with Gasteiger partial charge in [0.2, 0.25) is 11.6 Å². The Bertz CT molecular complexity index is 372. The van der Waals surface area contributed by atoms with Crippen LogP contribution in [0.15, 0.2) is 6.07 Å². The normalized spacial score (nSPS) is 12.6. The highest BCUT2D eigenvalue weighted by Gasteiger charge is 2.21. The van der Waals surface area contributed by atoms with Gasteiger partial charge in [0.15, 0.2) is 11.5 Å². The molecule has 0 bridgehead atoms. The van der Waals surface area contributed by atoms with Crippen molar-refractivity contribution in [3.63, 3.8) is 0 Å². The number of ether oxygens (including phenoxy) is 1. The summed E-state index contributed by atoms with van der Waals surface area (Å²) in [6.07, 6.45) is 0. The zero-order valence-electron chi connectivity index (χ0n) is 8.13. The smallest absolute Gasteiger partial charge is 0.204 e. The number of hydrogen-bond acceptors (Lipinski definition) is 4. The molecule has 1 atom stereocenters. The molecule has 15 heavy (non-hydrogen) atoms. The summed E-state index contributed by atoms with van der Waals surface area (Å²) in [6.45, 7) is 0.00177. The molecule has 0 aliphatic carbocycles. The minimum atomic E-state index is -1.38. The number of methoxy groups -OCH3 is 1. The van der Waals surface area contributed by atoms with Crippen LogP contribution in [0, 0.1) is 11.6 Å². The second-order valence-corrected chi connectivity index (χ2v) is 2.99. The highest BCUT2D eigenvalue weighted by molar-refractivity contribution is 5.43. The Morgan fingerprint density at radius 3 is 2.53 bits per heavy atom. The molecular formula is C9H12F2N2O2. The van der Waals surface area contributed by atoms with Gasteiger partial charge in [-0.2, -0.15) is 8.78 Å². The number of phenols is 1. The van der Waals surface area contributed by atoms with Gasteiger partial charge in [-0.15, -0.1) is 0 Å². The summed E-state index contributed by atoms with van der Waals surface area (Å²) in [5.74, 6) is -3.77. The van der Waals surface area contributed by atoms with Crippen LogP contribution in [0.2, 0.25) is 0 Å². The van der Waals surface area contributed by atoms with Crippen molar-refractivity contribution in [3.05, 3.63) is 23.3 Å². The van der Waals surface area contributed by atoms with Crippen molar-refractivity contribution in [3.8, 4) is 11.5 Å². The fourth-order valence-corrected chi connectivity index (χ4v) is 1.17. The summed E-state index contributed by atoms with van der Waals surface area (Å²) in [6, 6.07) is 0.361. The second-order valence-electron chi connectivity index (χ2n) is 2.99. The van der Waals surface area contributed by atoms with Gasteiger partial charge in [-0.05, 0) is 6.07 Å². The second kappa shape index (κ2) is 4.41. The number of hydrogen-bond donors (Lipinski definition) is 3. The molecule has 6 heteroatoms. The summed E-state index contributed by atoms with van der Waals surface area (Å²) < 4.78 is 30.8. The summed E-state index contributed by atoms with van der Waals surface area (Å²) in [7, 11) is 1.19. The van der Waals surface area contributed by atoms with Crippen LogP contribution in [0.5, 0.6) is 11.5 Å². The number of rotatable bonds is 3. The van der Waals surface area contributed by atoms with Gasteiger partial charge >= 0.3 is 0 Å². The van der Waals surface area contributed by atoms with Crippen molar-refractivity contribution >= 4 is 0 Å². The van der Waals surface area contributed by atoms with E-state index in [0.29, 0.717) is 0 Å². The lowest BCUT2D eigenvalue weighted by Crippen LogP contribution is -2.21. The maximum Gasteiger partial charge on any atom is 0.204 e. The van der Waals surface area contributed by atoms with Gasteiger partial charge in [0, 0.05) is 18.2 Å². The van der Waals surface area contributed by atoms with E-state index in [0.717, 1.165) is 6.07 Å². The fraction of sp³-hybridized carbons (Fsp3) is 0.333. The minimum absolute atomic E-state index is 0.00177. The van der Waals surface area contributed by atoms with Crippen LogP contribution in [-0.4, -0.2) is 18.8 Å². The van der Waals surface area contributed by atoms with Gasteiger partial charge in [-0.25, -0.2) is 0 Å². The molecule has 1 rings (SSSR count). The van der Waals surface area contributed by atoms with E-state index >= 15 is 0 Å². The third-order valence-corrected chi connectivity index (χ3v) is 2.05. The van der Waals surface area contributed by atoms with E-state index in [4.69, 9.17) is 11.5 Å². The standard InChI is InChI=1S/C9H12F2N2O2/c1-15-6-2-4(5(13)3-12)9(14)8(11)7(6)10/h2,5,14H,3,12-13H2,1H3/t5-/m0/s1. The summed E-state index contributed by atoms with van der Waals surface area (Å²) in [5, 5.41) is 9.29. The van der Waals surface area contributed by atoms with E-state index < -0.39 is 23.4 Å². The maximum absolute atomic E-state index is 13.1. The first-order valence-electron chi connectivity index (χ1n) is 4.23. The molecule has 5 N–H and O–H groups in total. The number of benzene rings is 1. The van der Waals surface area contributed by atoms with Crippen LogP contribution in [0.1, 0.15) is 11.6 Å². The predicted molar refractivity (Wildman–Crippen MR) is 50.6 cm³/mol. The maximum atomic E-state index is 13.1. The van der Waals surface area contributed by atoms with Crippen molar-refractivity contribution < 1.29 is 18.6 Å². The molecule has 0 spiro atoms. The molecule has 0 aliphatic heterocycles. The zero-order chi connectivity index (χ0) is 11.6. The van der Waals surface area contributed by atoms with Crippen molar-refractivity contribution in [2.75, 3.05) is 13.7 Å². The molecule has 0 heterocycles. The predicted octanol–water partition coefficient (Wildman–Crippen LogP) is 0.637. The van der Waals surface area contributed by atoms with Gasteiger partial charge < -0.3 is 21.3 Å². The third kappa shape index (κ3) is 2.00. The zero-order valence-corrected chi connectivity index (χ0v) is 8.13. The lowest BCUT2D eigenvalue weighted by atomic mass is 10.1. The molecule has 0 fully saturated rings. The quantitative estimate of drug-likeness (QED) is 0.695. The van der Waals surface area contributed by atoms with E-state index in [-0.39, 0.29) is 17.9 Å². The highest BCUT2D eigenvalue weighted by atomic mass is 19.2. The van der Waals surface area contributed by atoms with Gasteiger partial charge in [0.05, 0.1) is 7.11 Å². The van der Waals surface area contributed by atoms with Gasteiger partial charge in [-0.1, -0.05) is 0 Å². The summed E-state index contributed by atoms with van der Waals surface area (Å²) >= 11 is 0. The van der Waals surface area contributed by atoms with Crippen LogP contribution in [0.4, 0.5) is 8.78 Å². The third-order valence-electron chi connectivity index (χ3n) is 2.05. The molecular weight excluding hydrogens is 206 g/mol. The fourth-order valence-electron chi connectivity index (χ4n) is 1.17. The molecule has 84 valence electrons. The van der Waals surface area contributed by atoms with Crippen LogP contribution < -0.4 is 16.2 Å². The number of nitrogens with two attached hydrogens (primary N) is 2. The Balaban J connectivity index is 3.35. The van der Waals surface area contributed by atoms with Gasteiger partial charge in [0.1, 0.15) is 0 Å². The first kappa shape index (κ1) is 11.7. The van der Waals surface area contributed by atoms with E-state index in [1.807, 2.05) is 0 Å². The average Bonchev–Trinajstić information content (AvgIpc) is 2.25. The lowest BCUT2D eigenvalue weighted by Gasteiger charge is -2.14. The van der Waals surface area contributed by atoms with E-state index in [1.165, 1.54) is 7.11 Å². The Hall–Kier alpha value is -1.40. The molecule has 0 aliphatic rings. The van der Waals surface area contributed by atoms with Gasteiger partial charge in [0.25, 0.3) is 0 Å². The summed E-state index contributed by atoms with van der Waals surface area (Å²) in [5.41, 5.74) is 10.8. The first-order valence-corrected chi connectivity index (χ1v) is 4.23. The number of halogens is 2. The molecule has 0 amide bonds. The summed E-state index contributed by atoms with van der Waals surface area (Å²) in [4.78, 5) is 0. The van der Waals surface area contributed by atoms with E-state index in [1.54, 1.807) is 0 Å². The highest BCUT2D eigenvalue weighted by Crippen LogP contribution is 2.33. The van der Waals surface area contributed by atoms with Crippen molar-refractivity contribution in [2.45, 2.75) is 6.04 Å². The van der Waals surface area contributed by atoms with E-state index in [2.05, 4.69) is 4.74 Å². The van der Waals surface area contributed by atoms with Gasteiger partial charge in [-0.3, -0.25) is 0 Å². The van der Waals surface area contributed by atoms with Crippen LogP contribution in [0.25, 0.3) is 0 Å². The Kier molecular flexibility index (Phi) is 3.43. The molecule has 0 saturated carbocycles. The molecule has 0 aromatic heterocycles. The molecule has 0 radical (unpaired) electrons. The molecule has 1 aromatic rings. The Labute approximate surface area is 85.4 Å². The van der Waals surface area contributed by atoms with Crippen LogP contribution in [-0.2, 0) is 0 Å². The molecule has 0 unspecified atom stereocenters. The number of phenolic OH excluding ortho intramolecular Hbond substituents is 1. The van der Waals surface area contributed by atoms with Crippen molar-refractivity contribution in [2.24, 2.45) is 11.5 Å². The van der Waals surface area contributed by atoms with Crippen LogP contribution in [0.3, 0.4) is 0 Å². The molecule has 0 saturated heterocycles. The SMILES string of the molecule is COc1cc([C@@H](N)CN)c(O)c(F)c1F. The Morgan fingerprint density at radius 2 is 2.07 bits per heavy atom. The van der Waals surface area contributed by atoms with Crippen LogP contribution >= 0.6 is 0 Å². The lowest BCUT2D eigenvalue weighted by molar-refractivity contribution is 0.350. The first-order chi connectivity index (χ1) is 7.02. The molecule has 1 aromatic carbocycles. The largest absolute Gasteiger partial charge is 0.505 e. The van der Waals surface area contributed by atoms with E-state index in [9.17, 15) is 13.9 Å². The minimum Gasteiger partial charge on any atom is -0.505 e. The average molecular weight is 218 g/mol.